The van der Waals surface area contributed by atoms with Crippen LogP contribution in [-0.2, 0) is 18.3 Å². The zero-order valence-electron chi connectivity index (χ0n) is 11.0. The van der Waals surface area contributed by atoms with Gasteiger partial charge in [-0.25, -0.2) is 23.2 Å². The number of hydrogen-bond donors (Lipinski definition) is 0. The molecule has 0 aliphatic heterocycles. The Morgan fingerprint density at radius 2 is 2.25 bits per heavy atom. The lowest BCUT2D eigenvalue weighted by molar-refractivity contribution is 0.0520. The molecule has 7 nitrogen and oxygen atoms in total. The highest BCUT2D eigenvalue weighted by atomic mass is 19.3. The number of esters is 1. The molecule has 0 fully saturated rings. The Bertz CT molecular complexity index is 608. The molecule has 9 heteroatoms. The number of aromatic nitrogens is 5. The monoisotopic (exact) mass is 285 g/mol. The third kappa shape index (κ3) is 2.65. The molecule has 0 spiro atoms. The van der Waals surface area contributed by atoms with Crippen LogP contribution in [0.25, 0.3) is 11.4 Å². The van der Waals surface area contributed by atoms with Crippen LogP contribution in [0.4, 0.5) is 8.78 Å². The summed E-state index contributed by atoms with van der Waals surface area (Å²) < 4.78 is 32.6. The third-order valence-corrected chi connectivity index (χ3v) is 2.57. The SMILES string of the molecule is CCOC(=O)c1nnn(CC(F)F)c1-c1cncn1C. The number of carbonyl (C=O) groups excluding carboxylic acids is 1. The van der Waals surface area contributed by atoms with E-state index in [1.807, 2.05) is 0 Å². The van der Waals surface area contributed by atoms with Crippen molar-refractivity contribution in [3.8, 4) is 11.4 Å². The maximum absolute atomic E-state index is 12.6. The standard InChI is InChI=1S/C11H13F2N5O2/c1-3-20-11(19)9-10(7-4-14-6-17(7)2)18(16-15-9)5-8(12)13/h4,6,8H,3,5H2,1-2H3. The molecule has 0 saturated heterocycles. The smallest absolute Gasteiger partial charge is 0.361 e. The minimum Gasteiger partial charge on any atom is -0.461 e. The first-order valence-electron chi connectivity index (χ1n) is 5.90. The summed E-state index contributed by atoms with van der Waals surface area (Å²) in [6.45, 7) is 1.14. The largest absolute Gasteiger partial charge is 0.461 e. The summed E-state index contributed by atoms with van der Waals surface area (Å²) in [5, 5.41) is 7.25. The van der Waals surface area contributed by atoms with E-state index in [-0.39, 0.29) is 18.0 Å². The molecule has 0 N–H and O–H groups in total. The van der Waals surface area contributed by atoms with E-state index in [4.69, 9.17) is 4.74 Å². The predicted octanol–water partition coefficient (Wildman–Crippen LogP) is 1.12. The minimum atomic E-state index is -2.61. The molecule has 2 rings (SSSR count). The topological polar surface area (TPSA) is 74.8 Å². The summed E-state index contributed by atoms with van der Waals surface area (Å²) in [7, 11) is 1.68. The fourth-order valence-electron chi connectivity index (χ4n) is 1.75. The quantitative estimate of drug-likeness (QED) is 0.770. The first-order chi connectivity index (χ1) is 9.54. The Morgan fingerprint density at radius 1 is 1.50 bits per heavy atom. The van der Waals surface area contributed by atoms with E-state index in [0.717, 1.165) is 4.68 Å². The minimum absolute atomic E-state index is 0.101. The van der Waals surface area contributed by atoms with Gasteiger partial charge in [0.05, 0.1) is 24.8 Å². The van der Waals surface area contributed by atoms with Gasteiger partial charge < -0.3 is 9.30 Å². The molecule has 108 valence electrons. The highest BCUT2D eigenvalue weighted by Crippen LogP contribution is 2.22. The first kappa shape index (κ1) is 14.1. The van der Waals surface area contributed by atoms with Crippen molar-refractivity contribution in [1.82, 2.24) is 24.5 Å². The van der Waals surface area contributed by atoms with Crippen LogP contribution in [-0.4, -0.2) is 43.5 Å². The van der Waals surface area contributed by atoms with E-state index in [9.17, 15) is 13.6 Å². The van der Waals surface area contributed by atoms with Crippen LogP contribution in [0.15, 0.2) is 12.5 Å². The van der Waals surface area contributed by atoms with Gasteiger partial charge >= 0.3 is 5.97 Å². The van der Waals surface area contributed by atoms with Gasteiger partial charge in [-0.1, -0.05) is 5.21 Å². The molecule has 0 saturated carbocycles. The Morgan fingerprint density at radius 3 is 2.80 bits per heavy atom. The summed E-state index contributed by atoms with van der Waals surface area (Å²) in [5.41, 5.74) is 0.526. The highest BCUT2D eigenvalue weighted by Gasteiger charge is 2.25. The Hall–Kier alpha value is -2.32. The summed E-state index contributed by atoms with van der Waals surface area (Å²) in [4.78, 5) is 15.7. The molecule has 2 aromatic rings. The summed E-state index contributed by atoms with van der Waals surface area (Å²) in [5.74, 6) is -0.704. The number of carbonyl (C=O) groups is 1. The third-order valence-electron chi connectivity index (χ3n) is 2.57. The van der Waals surface area contributed by atoms with Gasteiger partial charge in [-0.3, -0.25) is 0 Å². The van der Waals surface area contributed by atoms with E-state index in [1.54, 1.807) is 18.5 Å². The van der Waals surface area contributed by atoms with Gasteiger partial charge in [0.25, 0.3) is 6.43 Å². The average Bonchev–Trinajstić information content (AvgIpc) is 2.95. The molecule has 0 atom stereocenters. The van der Waals surface area contributed by atoms with Crippen molar-refractivity contribution in [2.75, 3.05) is 6.61 Å². The fraction of sp³-hybridized carbons (Fsp3) is 0.455. The van der Waals surface area contributed by atoms with Crippen molar-refractivity contribution < 1.29 is 18.3 Å². The number of alkyl halides is 2. The lowest BCUT2D eigenvalue weighted by atomic mass is 10.2. The molecule has 20 heavy (non-hydrogen) atoms. The van der Waals surface area contributed by atoms with Gasteiger partial charge in [-0.2, -0.15) is 0 Å². The molecule has 0 amide bonds. The van der Waals surface area contributed by atoms with Crippen LogP contribution in [0.3, 0.4) is 0 Å². The van der Waals surface area contributed by atoms with Crippen LogP contribution < -0.4 is 0 Å². The molecule has 0 aliphatic rings. The van der Waals surface area contributed by atoms with Gasteiger partial charge in [0.2, 0.25) is 0 Å². The fourth-order valence-corrected chi connectivity index (χ4v) is 1.75. The second-order valence-corrected chi connectivity index (χ2v) is 3.97. The van der Waals surface area contributed by atoms with Crippen molar-refractivity contribution in [3.05, 3.63) is 18.2 Å². The van der Waals surface area contributed by atoms with Gasteiger partial charge in [-0.05, 0) is 6.92 Å². The van der Waals surface area contributed by atoms with E-state index < -0.39 is 18.9 Å². The van der Waals surface area contributed by atoms with Crippen molar-refractivity contribution in [2.24, 2.45) is 7.05 Å². The lowest BCUT2D eigenvalue weighted by Crippen LogP contribution is -2.13. The Kier molecular flexibility index (Phi) is 4.06. The van der Waals surface area contributed by atoms with Crippen molar-refractivity contribution in [2.45, 2.75) is 19.9 Å². The average molecular weight is 285 g/mol. The van der Waals surface area contributed by atoms with E-state index in [2.05, 4.69) is 15.3 Å². The number of aryl methyl sites for hydroxylation is 1. The number of rotatable bonds is 5. The Balaban J connectivity index is 2.51. The molecular weight excluding hydrogens is 272 g/mol. The molecule has 0 radical (unpaired) electrons. The lowest BCUT2D eigenvalue weighted by Gasteiger charge is -2.07. The van der Waals surface area contributed by atoms with Gasteiger partial charge in [-0.15, -0.1) is 5.10 Å². The predicted molar refractivity (Wildman–Crippen MR) is 64.2 cm³/mol. The molecule has 2 aromatic heterocycles. The molecule has 0 bridgehead atoms. The summed E-state index contributed by atoms with van der Waals surface area (Å²) >= 11 is 0. The molecule has 0 aromatic carbocycles. The van der Waals surface area contributed by atoms with E-state index >= 15 is 0 Å². The van der Waals surface area contributed by atoms with Crippen LogP contribution in [0.2, 0.25) is 0 Å². The zero-order valence-corrected chi connectivity index (χ0v) is 11.0. The van der Waals surface area contributed by atoms with Gasteiger partial charge in [0.1, 0.15) is 12.2 Å². The van der Waals surface area contributed by atoms with Crippen LogP contribution in [0.1, 0.15) is 17.4 Å². The van der Waals surface area contributed by atoms with Crippen molar-refractivity contribution in [1.29, 1.82) is 0 Å². The summed E-state index contributed by atoms with van der Waals surface area (Å²) in [6.07, 6.45) is 0.326. The second-order valence-electron chi connectivity index (χ2n) is 3.97. The molecule has 2 heterocycles. The van der Waals surface area contributed by atoms with Crippen molar-refractivity contribution in [3.63, 3.8) is 0 Å². The van der Waals surface area contributed by atoms with E-state index in [1.165, 1.54) is 12.5 Å². The van der Waals surface area contributed by atoms with Crippen LogP contribution in [0.5, 0.6) is 0 Å². The molecule has 0 aliphatic carbocycles. The number of imidazole rings is 1. The molecular formula is C11H13F2N5O2. The number of hydrogen-bond acceptors (Lipinski definition) is 5. The van der Waals surface area contributed by atoms with Crippen LogP contribution in [0, 0.1) is 0 Å². The Labute approximate surface area is 113 Å². The number of ether oxygens (including phenoxy) is 1. The maximum atomic E-state index is 12.6. The normalized spacial score (nSPS) is 11.1. The first-order valence-corrected chi connectivity index (χ1v) is 5.90. The van der Waals surface area contributed by atoms with Crippen LogP contribution >= 0.6 is 0 Å². The molecule has 0 unspecified atom stereocenters. The highest BCUT2D eigenvalue weighted by molar-refractivity contribution is 5.93. The van der Waals surface area contributed by atoms with E-state index in [0.29, 0.717) is 5.69 Å². The second kappa shape index (κ2) is 5.76. The number of halogens is 2. The van der Waals surface area contributed by atoms with Gasteiger partial charge in [0.15, 0.2) is 5.69 Å². The zero-order chi connectivity index (χ0) is 14.7. The maximum Gasteiger partial charge on any atom is 0.361 e. The van der Waals surface area contributed by atoms with Gasteiger partial charge in [0, 0.05) is 7.05 Å². The number of nitrogens with zero attached hydrogens (tertiary/aromatic N) is 5. The van der Waals surface area contributed by atoms with Crippen molar-refractivity contribution >= 4 is 5.97 Å². The summed E-state index contributed by atoms with van der Waals surface area (Å²) in [6, 6.07) is 0.